The van der Waals surface area contributed by atoms with E-state index in [4.69, 9.17) is 0 Å². The minimum absolute atomic E-state index is 0.0700. The molecule has 4 nitrogen and oxygen atoms in total. The second-order valence-corrected chi connectivity index (χ2v) is 7.26. The Balaban J connectivity index is 1.91. The molecule has 0 saturated carbocycles. The highest BCUT2D eigenvalue weighted by Gasteiger charge is 2.51. The second kappa shape index (κ2) is 7.47. The zero-order chi connectivity index (χ0) is 20.5. The van der Waals surface area contributed by atoms with Crippen molar-refractivity contribution >= 4 is 11.6 Å². The van der Waals surface area contributed by atoms with Crippen molar-refractivity contribution in [2.45, 2.75) is 44.4 Å². The molecule has 2 aromatic carbocycles. The van der Waals surface area contributed by atoms with E-state index in [1.807, 2.05) is 0 Å². The summed E-state index contributed by atoms with van der Waals surface area (Å²) in [6.45, 7) is 1.20. The van der Waals surface area contributed by atoms with Gasteiger partial charge in [0.1, 0.15) is 5.75 Å². The molecule has 0 aliphatic carbocycles. The summed E-state index contributed by atoms with van der Waals surface area (Å²) in [4.78, 5) is 14.4. The molecule has 0 saturated heterocycles. The summed E-state index contributed by atoms with van der Waals surface area (Å²) in [5.41, 5.74) is -1.34. The molecular weight excluding hydrogens is 371 g/mol. The first-order valence-electron chi connectivity index (χ1n) is 9.10. The van der Waals surface area contributed by atoms with Crippen molar-refractivity contribution in [2.24, 2.45) is 0 Å². The van der Waals surface area contributed by atoms with Crippen LogP contribution in [0.5, 0.6) is 5.75 Å². The van der Waals surface area contributed by atoms with E-state index in [2.05, 4.69) is 0 Å². The molecule has 3 rings (SSSR count). The summed E-state index contributed by atoms with van der Waals surface area (Å²) >= 11 is 0. The number of aryl methyl sites for hydroxylation is 1. The fourth-order valence-electron chi connectivity index (χ4n) is 3.42. The Hall–Kier alpha value is -2.54. The van der Waals surface area contributed by atoms with Gasteiger partial charge in [-0.3, -0.25) is 4.79 Å². The molecular formula is C21H22F3NO3. The van der Waals surface area contributed by atoms with Gasteiger partial charge in [-0.05, 0) is 61.1 Å². The summed E-state index contributed by atoms with van der Waals surface area (Å²) in [5.74, 6) is -0.121. The van der Waals surface area contributed by atoms with E-state index in [-0.39, 0.29) is 23.6 Å². The molecule has 2 aromatic rings. The Morgan fingerprint density at radius 3 is 2.57 bits per heavy atom. The molecule has 1 atom stereocenters. The Kier molecular flexibility index (Phi) is 5.39. The van der Waals surface area contributed by atoms with E-state index < -0.39 is 11.8 Å². The third-order valence-corrected chi connectivity index (χ3v) is 5.13. The maximum absolute atomic E-state index is 13.2. The van der Waals surface area contributed by atoms with Crippen molar-refractivity contribution in [1.82, 2.24) is 0 Å². The molecule has 1 amide bonds. The van der Waals surface area contributed by atoms with Gasteiger partial charge in [-0.15, -0.1) is 0 Å². The molecule has 1 aliphatic rings. The number of phenolic OH excluding ortho intramolecular Hbond substituents is 1. The molecule has 0 bridgehead atoms. The number of aromatic hydroxyl groups is 1. The summed E-state index contributed by atoms with van der Waals surface area (Å²) in [6, 6.07) is 10.5. The summed E-state index contributed by atoms with van der Waals surface area (Å²) in [7, 11) is 0. The van der Waals surface area contributed by atoms with Gasteiger partial charge in [0.2, 0.25) is 5.91 Å². The number of hydrogen-bond acceptors (Lipinski definition) is 3. The highest BCUT2D eigenvalue weighted by atomic mass is 19.4. The largest absolute Gasteiger partial charge is 0.508 e. The predicted molar refractivity (Wildman–Crippen MR) is 99.2 cm³/mol. The smallest absolute Gasteiger partial charge is 0.421 e. The number of alkyl halides is 3. The Morgan fingerprint density at radius 2 is 1.89 bits per heavy atom. The van der Waals surface area contributed by atoms with Crippen LogP contribution >= 0.6 is 0 Å². The number of amides is 1. The van der Waals surface area contributed by atoms with Crippen LogP contribution in [-0.2, 0) is 23.2 Å². The fourth-order valence-corrected chi connectivity index (χ4v) is 3.42. The molecule has 0 aromatic heterocycles. The van der Waals surface area contributed by atoms with Crippen molar-refractivity contribution in [1.29, 1.82) is 0 Å². The molecule has 1 aliphatic heterocycles. The molecule has 0 radical (unpaired) electrons. The topological polar surface area (TPSA) is 60.8 Å². The SMILES string of the molecule is CC(O)(c1ccc2c(c1)CCCCN2C(=O)Cc1cccc(O)c1)C(F)(F)F. The summed E-state index contributed by atoms with van der Waals surface area (Å²) in [5, 5.41) is 19.5. The lowest BCUT2D eigenvalue weighted by Crippen LogP contribution is -2.39. The van der Waals surface area contributed by atoms with E-state index in [0.29, 0.717) is 29.8 Å². The minimum atomic E-state index is -4.79. The van der Waals surface area contributed by atoms with Crippen molar-refractivity contribution in [3.63, 3.8) is 0 Å². The van der Waals surface area contributed by atoms with Crippen molar-refractivity contribution in [3.05, 3.63) is 59.2 Å². The minimum Gasteiger partial charge on any atom is -0.508 e. The van der Waals surface area contributed by atoms with Gasteiger partial charge in [-0.2, -0.15) is 13.2 Å². The Bertz CT molecular complexity index is 877. The van der Waals surface area contributed by atoms with Crippen LogP contribution in [0.15, 0.2) is 42.5 Å². The number of rotatable bonds is 3. The van der Waals surface area contributed by atoms with Crippen molar-refractivity contribution < 1.29 is 28.2 Å². The van der Waals surface area contributed by atoms with Gasteiger partial charge in [0, 0.05) is 12.2 Å². The lowest BCUT2D eigenvalue weighted by Gasteiger charge is -2.29. The molecule has 28 heavy (non-hydrogen) atoms. The predicted octanol–water partition coefficient (Wildman–Crippen LogP) is 4.07. The van der Waals surface area contributed by atoms with Gasteiger partial charge in [0.15, 0.2) is 5.60 Å². The molecule has 7 heteroatoms. The quantitative estimate of drug-likeness (QED) is 0.826. The average Bonchev–Trinajstić information content (AvgIpc) is 2.82. The molecule has 150 valence electrons. The van der Waals surface area contributed by atoms with Crippen LogP contribution in [-0.4, -0.2) is 28.8 Å². The first-order chi connectivity index (χ1) is 13.1. The van der Waals surface area contributed by atoms with Crippen LogP contribution in [0.1, 0.15) is 36.5 Å². The number of nitrogens with zero attached hydrogens (tertiary/aromatic N) is 1. The number of hydrogen-bond donors (Lipinski definition) is 2. The van der Waals surface area contributed by atoms with Gasteiger partial charge >= 0.3 is 6.18 Å². The Labute approximate surface area is 161 Å². The van der Waals surface area contributed by atoms with Crippen LogP contribution in [0.4, 0.5) is 18.9 Å². The highest BCUT2D eigenvalue weighted by Crippen LogP contribution is 2.40. The van der Waals surface area contributed by atoms with E-state index >= 15 is 0 Å². The van der Waals surface area contributed by atoms with E-state index in [1.54, 1.807) is 17.0 Å². The lowest BCUT2D eigenvalue weighted by atomic mass is 9.92. The van der Waals surface area contributed by atoms with E-state index in [0.717, 1.165) is 19.8 Å². The van der Waals surface area contributed by atoms with Gasteiger partial charge < -0.3 is 15.1 Å². The monoisotopic (exact) mass is 393 g/mol. The standard InChI is InChI=1S/C21H22F3NO3/c1-20(28,21(22,23)24)16-8-9-18-15(13-16)6-2-3-10-25(18)19(27)12-14-5-4-7-17(26)11-14/h4-5,7-9,11,13,26,28H,2-3,6,10,12H2,1H3. The van der Waals surface area contributed by atoms with Crippen LogP contribution < -0.4 is 4.90 Å². The molecule has 0 spiro atoms. The number of benzene rings is 2. The second-order valence-electron chi connectivity index (χ2n) is 7.26. The van der Waals surface area contributed by atoms with Crippen LogP contribution in [0, 0.1) is 0 Å². The van der Waals surface area contributed by atoms with Crippen LogP contribution in [0.2, 0.25) is 0 Å². The number of halogens is 3. The number of anilines is 1. The number of carbonyl (C=O) groups is 1. The number of fused-ring (bicyclic) bond motifs is 1. The molecule has 1 heterocycles. The molecule has 1 unspecified atom stereocenters. The average molecular weight is 393 g/mol. The van der Waals surface area contributed by atoms with Crippen molar-refractivity contribution in [3.8, 4) is 5.75 Å². The maximum atomic E-state index is 13.2. The number of aliphatic hydroxyl groups is 1. The van der Waals surface area contributed by atoms with E-state index in [9.17, 15) is 28.2 Å². The third-order valence-electron chi connectivity index (χ3n) is 5.13. The van der Waals surface area contributed by atoms with E-state index in [1.165, 1.54) is 30.3 Å². The zero-order valence-corrected chi connectivity index (χ0v) is 15.5. The summed E-state index contributed by atoms with van der Waals surface area (Å²) < 4.78 is 39.5. The van der Waals surface area contributed by atoms with Crippen LogP contribution in [0.3, 0.4) is 0 Å². The van der Waals surface area contributed by atoms with Gasteiger partial charge in [0.25, 0.3) is 0 Å². The summed E-state index contributed by atoms with van der Waals surface area (Å²) in [6.07, 6.45) is -2.72. The first-order valence-corrected chi connectivity index (χ1v) is 9.10. The molecule has 2 N–H and O–H groups in total. The van der Waals surface area contributed by atoms with Gasteiger partial charge in [0.05, 0.1) is 6.42 Å². The lowest BCUT2D eigenvalue weighted by molar-refractivity contribution is -0.258. The highest BCUT2D eigenvalue weighted by molar-refractivity contribution is 5.95. The van der Waals surface area contributed by atoms with Gasteiger partial charge in [-0.1, -0.05) is 24.3 Å². The van der Waals surface area contributed by atoms with Crippen LogP contribution in [0.25, 0.3) is 0 Å². The Morgan fingerprint density at radius 1 is 1.14 bits per heavy atom. The zero-order valence-electron chi connectivity index (χ0n) is 15.5. The van der Waals surface area contributed by atoms with Crippen molar-refractivity contribution in [2.75, 3.05) is 11.4 Å². The number of carbonyl (C=O) groups excluding carboxylic acids is 1. The normalized spacial score (nSPS) is 16.8. The fraction of sp³-hybridized carbons (Fsp3) is 0.381. The third kappa shape index (κ3) is 3.99. The molecule has 0 fully saturated rings. The number of phenols is 1. The first kappa shape index (κ1) is 20.2. The van der Waals surface area contributed by atoms with Gasteiger partial charge in [-0.25, -0.2) is 0 Å². The maximum Gasteiger partial charge on any atom is 0.421 e.